The van der Waals surface area contributed by atoms with Gasteiger partial charge in [0.2, 0.25) is 0 Å². The molecule has 1 atom stereocenters. The number of rotatable bonds is 4. The molecule has 0 saturated carbocycles. The molecule has 0 saturated heterocycles. The summed E-state index contributed by atoms with van der Waals surface area (Å²) in [6, 6.07) is 0. The Hall–Kier alpha value is -0.620. The maximum Gasteiger partial charge on any atom is 0.260 e. The Balaban J connectivity index is 3.53. The van der Waals surface area contributed by atoms with E-state index < -0.39 is 0 Å². The summed E-state index contributed by atoms with van der Waals surface area (Å²) in [5, 5.41) is 0. The molecule has 0 aliphatic carbocycles. The third kappa shape index (κ3) is 3.92. The predicted molar refractivity (Wildman–Crippen MR) is 38.4 cm³/mol. The van der Waals surface area contributed by atoms with Crippen LogP contribution in [-0.2, 0) is 0 Å². The molecular weight excluding hydrogens is 112 g/mol. The second-order valence-corrected chi connectivity index (χ2v) is 2.22. The van der Waals surface area contributed by atoms with Crippen molar-refractivity contribution in [3.8, 4) is 0 Å². The molecule has 52 valence electrons. The second-order valence-electron chi connectivity index (χ2n) is 2.22. The Morgan fingerprint density at radius 3 is 2.56 bits per heavy atom. The first-order valence-electron chi connectivity index (χ1n) is 3.52. The largest absolute Gasteiger partial charge is 0.362 e. The van der Waals surface area contributed by atoms with E-state index in [-0.39, 0.29) is 0 Å². The zero-order valence-corrected chi connectivity index (χ0v) is 6.17. The van der Waals surface area contributed by atoms with E-state index in [2.05, 4.69) is 18.6 Å². The lowest BCUT2D eigenvalue weighted by Crippen LogP contribution is -1.99. The quantitative estimate of drug-likeness (QED) is 0.314. The zero-order valence-electron chi connectivity index (χ0n) is 6.17. The van der Waals surface area contributed by atoms with Crippen molar-refractivity contribution in [2.75, 3.05) is 0 Å². The molecule has 0 aliphatic rings. The minimum atomic E-state index is 0.472. The summed E-state index contributed by atoms with van der Waals surface area (Å²) in [5.41, 5.74) is 8.16. The van der Waals surface area contributed by atoms with E-state index in [1.165, 1.54) is 0 Å². The molecule has 0 aromatic rings. The van der Waals surface area contributed by atoms with Crippen LogP contribution in [0.25, 0.3) is 5.53 Å². The Morgan fingerprint density at radius 1 is 1.56 bits per heavy atom. The first-order valence-corrected chi connectivity index (χ1v) is 3.52. The molecule has 0 spiro atoms. The average molecular weight is 126 g/mol. The molecule has 0 radical (unpaired) electrons. The highest BCUT2D eigenvalue weighted by Crippen LogP contribution is 2.05. The van der Waals surface area contributed by atoms with Crippen LogP contribution in [0.15, 0.2) is 0 Å². The van der Waals surface area contributed by atoms with Crippen LogP contribution in [0.3, 0.4) is 0 Å². The van der Waals surface area contributed by atoms with Gasteiger partial charge >= 0.3 is 0 Å². The first kappa shape index (κ1) is 8.38. The maximum absolute atomic E-state index is 8.16. The van der Waals surface area contributed by atoms with Gasteiger partial charge < -0.3 is 5.53 Å². The van der Waals surface area contributed by atoms with Crippen LogP contribution in [0.4, 0.5) is 0 Å². The summed E-state index contributed by atoms with van der Waals surface area (Å²) in [6.45, 7) is 4.23. The van der Waals surface area contributed by atoms with Crippen molar-refractivity contribution < 1.29 is 4.79 Å². The first-order chi connectivity index (χ1) is 4.35. The molecule has 1 unspecified atom stereocenters. The van der Waals surface area contributed by atoms with Gasteiger partial charge in [-0.05, 0) is 12.8 Å². The summed E-state index contributed by atoms with van der Waals surface area (Å²) in [5.74, 6) is 0.472. The molecule has 0 bridgehead atoms. The van der Waals surface area contributed by atoms with Gasteiger partial charge in [0.05, 0.1) is 5.92 Å². The molecule has 0 rings (SSSR count). The second kappa shape index (κ2) is 5.52. The van der Waals surface area contributed by atoms with E-state index in [1.807, 2.05) is 0 Å². The topological polar surface area (TPSA) is 36.4 Å². The highest BCUT2D eigenvalue weighted by atomic mass is 14.8. The van der Waals surface area contributed by atoms with Gasteiger partial charge in [-0.3, -0.25) is 0 Å². The third-order valence-electron chi connectivity index (χ3n) is 1.46. The van der Waals surface area contributed by atoms with Crippen LogP contribution >= 0.6 is 0 Å². The van der Waals surface area contributed by atoms with Crippen LogP contribution in [0, 0.1) is 5.92 Å². The van der Waals surface area contributed by atoms with Gasteiger partial charge in [-0.25, -0.2) is 0 Å². The lowest BCUT2D eigenvalue weighted by molar-refractivity contribution is -0.00359. The lowest BCUT2D eigenvalue weighted by atomic mass is 10.0. The van der Waals surface area contributed by atoms with Crippen molar-refractivity contribution in [2.24, 2.45) is 5.92 Å². The van der Waals surface area contributed by atoms with Gasteiger partial charge in [0.25, 0.3) is 6.21 Å². The van der Waals surface area contributed by atoms with Gasteiger partial charge in [-0.2, -0.15) is 4.79 Å². The average Bonchev–Trinajstić information content (AvgIpc) is 1.88. The van der Waals surface area contributed by atoms with Crippen molar-refractivity contribution in [3.05, 3.63) is 5.53 Å². The van der Waals surface area contributed by atoms with Gasteiger partial charge in [-0.1, -0.05) is 20.3 Å². The Bertz CT molecular complexity index is 103. The molecule has 0 aromatic carbocycles. The Morgan fingerprint density at radius 2 is 2.22 bits per heavy atom. The van der Waals surface area contributed by atoms with Crippen molar-refractivity contribution in [1.29, 1.82) is 0 Å². The molecule has 0 amide bonds. The van der Waals surface area contributed by atoms with E-state index >= 15 is 0 Å². The van der Waals surface area contributed by atoms with Crippen molar-refractivity contribution in [2.45, 2.75) is 33.1 Å². The third-order valence-corrected chi connectivity index (χ3v) is 1.46. The van der Waals surface area contributed by atoms with Crippen LogP contribution in [-0.4, -0.2) is 11.0 Å². The number of hydrogen-bond donors (Lipinski definition) is 0. The number of hydrogen-bond acceptors (Lipinski definition) is 0. The van der Waals surface area contributed by atoms with Crippen molar-refractivity contribution in [1.82, 2.24) is 0 Å². The molecule has 0 aliphatic heterocycles. The Labute approximate surface area is 56.5 Å². The van der Waals surface area contributed by atoms with Crippen LogP contribution < -0.4 is 0 Å². The molecule has 0 heterocycles. The van der Waals surface area contributed by atoms with Crippen LogP contribution in [0.2, 0.25) is 0 Å². The van der Waals surface area contributed by atoms with Crippen molar-refractivity contribution in [3.63, 3.8) is 0 Å². The molecule has 0 N–H and O–H groups in total. The summed E-state index contributed by atoms with van der Waals surface area (Å²) in [6.07, 6.45) is 4.96. The molecule has 9 heavy (non-hydrogen) atoms. The van der Waals surface area contributed by atoms with Gasteiger partial charge in [-0.15, -0.1) is 0 Å². The van der Waals surface area contributed by atoms with Crippen molar-refractivity contribution >= 4 is 6.21 Å². The molecule has 2 heteroatoms. The van der Waals surface area contributed by atoms with Gasteiger partial charge in [0.15, 0.2) is 0 Å². The highest BCUT2D eigenvalue weighted by Gasteiger charge is 2.03. The van der Waals surface area contributed by atoms with E-state index in [4.69, 9.17) is 5.53 Å². The SMILES string of the molecule is CCCC(C=[N+]=[N-])CC. The van der Waals surface area contributed by atoms with E-state index in [0.717, 1.165) is 19.3 Å². The minimum Gasteiger partial charge on any atom is -0.362 e. The van der Waals surface area contributed by atoms with Crippen LogP contribution in [0.5, 0.6) is 0 Å². The fraction of sp³-hybridized carbons (Fsp3) is 0.857. The fourth-order valence-corrected chi connectivity index (χ4v) is 0.849. The zero-order chi connectivity index (χ0) is 7.11. The standard InChI is InChI=1S/C7H14N2/c1-3-5-7(4-2)6-9-8/h6-7H,3-5H2,1-2H3. The fourth-order valence-electron chi connectivity index (χ4n) is 0.849. The monoisotopic (exact) mass is 126 g/mol. The predicted octanol–water partition coefficient (Wildman–Crippen LogP) is 2.11. The normalized spacial score (nSPS) is 12.2. The molecular formula is C7H14N2. The Kier molecular flexibility index (Phi) is 5.14. The molecule has 0 fully saturated rings. The summed E-state index contributed by atoms with van der Waals surface area (Å²) in [4.78, 5) is 3.00. The van der Waals surface area contributed by atoms with Crippen LogP contribution in [0.1, 0.15) is 33.1 Å². The summed E-state index contributed by atoms with van der Waals surface area (Å²) < 4.78 is 0. The smallest absolute Gasteiger partial charge is 0.260 e. The molecule has 2 nitrogen and oxygen atoms in total. The van der Waals surface area contributed by atoms with E-state index in [1.54, 1.807) is 6.21 Å². The highest BCUT2D eigenvalue weighted by molar-refractivity contribution is 5.53. The van der Waals surface area contributed by atoms with Gasteiger partial charge in [0, 0.05) is 0 Å². The van der Waals surface area contributed by atoms with E-state index in [0.29, 0.717) is 5.92 Å². The summed E-state index contributed by atoms with van der Waals surface area (Å²) >= 11 is 0. The molecule has 0 aromatic heterocycles. The van der Waals surface area contributed by atoms with E-state index in [9.17, 15) is 0 Å². The number of nitrogens with zero attached hydrogens (tertiary/aromatic N) is 2. The minimum absolute atomic E-state index is 0.472. The maximum atomic E-state index is 8.16. The summed E-state index contributed by atoms with van der Waals surface area (Å²) in [7, 11) is 0. The van der Waals surface area contributed by atoms with Gasteiger partial charge in [0.1, 0.15) is 0 Å². The lowest BCUT2D eigenvalue weighted by Gasteiger charge is -1.98.